The number of ether oxygens (including phenoxy) is 1. The molecule has 0 amide bonds. The summed E-state index contributed by atoms with van der Waals surface area (Å²) in [7, 11) is 0. The molecular formula is C14H20FNO. The average molecular weight is 237 g/mol. The van der Waals surface area contributed by atoms with Gasteiger partial charge < -0.3 is 10.1 Å². The van der Waals surface area contributed by atoms with Gasteiger partial charge in [0.15, 0.2) is 0 Å². The summed E-state index contributed by atoms with van der Waals surface area (Å²) in [6.07, 6.45) is 1.16. The Labute approximate surface area is 102 Å². The summed E-state index contributed by atoms with van der Waals surface area (Å²) in [6, 6.07) is 8.01. The second kappa shape index (κ2) is 5.05. The molecule has 1 aliphatic heterocycles. The van der Waals surface area contributed by atoms with E-state index >= 15 is 0 Å². The molecule has 1 atom stereocenters. The molecule has 0 aromatic heterocycles. The van der Waals surface area contributed by atoms with Crippen LogP contribution in [0.4, 0.5) is 4.39 Å². The molecule has 1 heterocycles. The van der Waals surface area contributed by atoms with Crippen LogP contribution in [-0.4, -0.2) is 25.4 Å². The van der Waals surface area contributed by atoms with Crippen molar-refractivity contribution in [1.29, 1.82) is 0 Å². The molecule has 0 saturated carbocycles. The minimum Gasteiger partial charge on any atom is -0.490 e. The lowest BCUT2D eigenvalue weighted by molar-refractivity contribution is 0.120. The summed E-state index contributed by atoms with van der Waals surface area (Å²) in [4.78, 5) is 0. The smallest absolute Gasteiger partial charge is 0.139 e. The van der Waals surface area contributed by atoms with Gasteiger partial charge in [0.1, 0.15) is 18.0 Å². The van der Waals surface area contributed by atoms with Gasteiger partial charge in [0.25, 0.3) is 0 Å². The molecule has 0 radical (unpaired) electrons. The van der Waals surface area contributed by atoms with E-state index in [1.54, 1.807) is 0 Å². The highest BCUT2D eigenvalue weighted by Crippen LogP contribution is 2.26. The lowest BCUT2D eigenvalue weighted by atomic mass is 9.98. The molecule has 2 nitrogen and oxygen atoms in total. The largest absolute Gasteiger partial charge is 0.490 e. The number of hydrogen-bond acceptors (Lipinski definition) is 2. The van der Waals surface area contributed by atoms with Crippen molar-refractivity contribution in [3.63, 3.8) is 0 Å². The van der Waals surface area contributed by atoms with Gasteiger partial charge in [-0.25, -0.2) is 4.39 Å². The number of alkyl halides is 1. The third-order valence-electron chi connectivity index (χ3n) is 2.97. The normalized spacial score (nSPS) is 20.5. The van der Waals surface area contributed by atoms with Gasteiger partial charge in [0.2, 0.25) is 0 Å². The van der Waals surface area contributed by atoms with E-state index in [0.29, 0.717) is 5.92 Å². The maximum atomic E-state index is 13.3. The number of benzene rings is 1. The first-order valence-electron chi connectivity index (χ1n) is 6.17. The quantitative estimate of drug-likeness (QED) is 0.869. The number of nitrogens with one attached hydrogen (secondary N) is 1. The van der Waals surface area contributed by atoms with Gasteiger partial charge in [-0.2, -0.15) is 0 Å². The van der Waals surface area contributed by atoms with Crippen molar-refractivity contribution < 1.29 is 9.13 Å². The molecule has 1 N–H and O–H groups in total. The Kier molecular flexibility index (Phi) is 3.67. The molecule has 0 aliphatic carbocycles. The van der Waals surface area contributed by atoms with Crippen LogP contribution < -0.4 is 10.1 Å². The monoisotopic (exact) mass is 237 g/mol. The van der Waals surface area contributed by atoms with Gasteiger partial charge >= 0.3 is 0 Å². The van der Waals surface area contributed by atoms with E-state index in [4.69, 9.17) is 4.74 Å². The van der Waals surface area contributed by atoms with Crippen molar-refractivity contribution >= 4 is 0 Å². The highest BCUT2D eigenvalue weighted by atomic mass is 19.1. The molecule has 1 aromatic carbocycles. The highest BCUT2D eigenvalue weighted by Gasteiger charge is 2.18. The summed E-state index contributed by atoms with van der Waals surface area (Å²) < 4.78 is 18.8. The first-order chi connectivity index (χ1) is 8.04. The predicted octanol–water partition coefficient (Wildman–Crippen LogP) is 2.89. The van der Waals surface area contributed by atoms with Crippen LogP contribution in [0, 0.1) is 0 Å². The van der Waals surface area contributed by atoms with Crippen molar-refractivity contribution in [2.45, 2.75) is 31.9 Å². The number of halogens is 1. The summed E-state index contributed by atoms with van der Waals surface area (Å²) >= 11 is 0. The molecule has 17 heavy (non-hydrogen) atoms. The summed E-state index contributed by atoms with van der Waals surface area (Å²) in [6.45, 7) is 5.25. The van der Waals surface area contributed by atoms with Gasteiger partial charge in [-0.05, 0) is 50.4 Å². The van der Waals surface area contributed by atoms with Crippen molar-refractivity contribution in [3.8, 4) is 5.75 Å². The minimum absolute atomic E-state index is 0.0966. The van der Waals surface area contributed by atoms with Crippen LogP contribution in [0.2, 0.25) is 0 Å². The van der Waals surface area contributed by atoms with Crippen LogP contribution >= 0.6 is 0 Å². The van der Waals surface area contributed by atoms with Crippen LogP contribution in [0.25, 0.3) is 0 Å². The SMILES string of the molecule is CC(C)(F)COc1cccc(C2CCNC2)c1. The van der Waals surface area contributed by atoms with E-state index in [2.05, 4.69) is 11.4 Å². The third kappa shape index (κ3) is 3.70. The predicted molar refractivity (Wildman–Crippen MR) is 67.4 cm³/mol. The van der Waals surface area contributed by atoms with Crippen molar-refractivity contribution in [2.75, 3.05) is 19.7 Å². The molecular weight excluding hydrogens is 217 g/mol. The lowest BCUT2D eigenvalue weighted by Gasteiger charge is -2.16. The molecule has 1 saturated heterocycles. The summed E-state index contributed by atoms with van der Waals surface area (Å²) in [5.74, 6) is 1.33. The Morgan fingerprint density at radius 2 is 2.29 bits per heavy atom. The Morgan fingerprint density at radius 1 is 1.47 bits per heavy atom. The molecule has 1 fully saturated rings. The Bertz CT molecular complexity index is 367. The van der Waals surface area contributed by atoms with E-state index < -0.39 is 5.67 Å². The first-order valence-corrected chi connectivity index (χ1v) is 6.17. The average Bonchev–Trinajstić information content (AvgIpc) is 2.79. The fraction of sp³-hybridized carbons (Fsp3) is 0.571. The minimum atomic E-state index is -1.29. The fourth-order valence-corrected chi connectivity index (χ4v) is 2.05. The van der Waals surface area contributed by atoms with Crippen molar-refractivity contribution in [1.82, 2.24) is 5.32 Å². The number of rotatable bonds is 4. The second-order valence-electron chi connectivity index (χ2n) is 5.27. The van der Waals surface area contributed by atoms with E-state index in [0.717, 1.165) is 25.3 Å². The van der Waals surface area contributed by atoms with Crippen LogP contribution in [0.15, 0.2) is 24.3 Å². The maximum absolute atomic E-state index is 13.3. The highest BCUT2D eigenvalue weighted by molar-refractivity contribution is 5.31. The Hall–Kier alpha value is -1.09. The van der Waals surface area contributed by atoms with Crippen molar-refractivity contribution in [3.05, 3.63) is 29.8 Å². The van der Waals surface area contributed by atoms with Crippen molar-refractivity contribution in [2.24, 2.45) is 0 Å². The van der Waals surface area contributed by atoms with Crippen LogP contribution in [0.1, 0.15) is 31.7 Å². The number of hydrogen-bond donors (Lipinski definition) is 1. The summed E-state index contributed by atoms with van der Waals surface area (Å²) in [5, 5.41) is 3.35. The fourth-order valence-electron chi connectivity index (χ4n) is 2.05. The Morgan fingerprint density at radius 3 is 2.94 bits per heavy atom. The lowest BCUT2D eigenvalue weighted by Crippen LogP contribution is -2.22. The zero-order chi connectivity index (χ0) is 12.3. The van der Waals surface area contributed by atoms with Gasteiger partial charge in [-0.3, -0.25) is 0 Å². The molecule has 2 rings (SSSR count). The van der Waals surface area contributed by atoms with E-state index in [-0.39, 0.29) is 6.61 Å². The van der Waals surface area contributed by atoms with Crippen LogP contribution in [0.3, 0.4) is 0 Å². The van der Waals surface area contributed by atoms with Crippen LogP contribution in [0.5, 0.6) is 5.75 Å². The maximum Gasteiger partial charge on any atom is 0.139 e. The van der Waals surface area contributed by atoms with Crippen LogP contribution in [-0.2, 0) is 0 Å². The molecule has 3 heteroatoms. The topological polar surface area (TPSA) is 21.3 Å². The van der Waals surface area contributed by atoms with E-state index in [1.165, 1.54) is 19.4 Å². The Balaban J connectivity index is 2.01. The molecule has 0 bridgehead atoms. The van der Waals surface area contributed by atoms with E-state index in [9.17, 15) is 4.39 Å². The summed E-state index contributed by atoms with van der Waals surface area (Å²) in [5.41, 5.74) is -0.00515. The standard InChI is InChI=1S/C14H20FNO/c1-14(2,15)10-17-13-5-3-4-11(8-13)12-6-7-16-9-12/h3-5,8,12,16H,6-7,9-10H2,1-2H3. The molecule has 1 aliphatic rings. The molecule has 94 valence electrons. The van der Waals surface area contributed by atoms with Gasteiger partial charge in [0, 0.05) is 6.54 Å². The first kappa shape index (κ1) is 12.4. The third-order valence-corrected chi connectivity index (χ3v) is 2.97. The molecule has 0 spiro atoms. The zero-order valence-corrected chi connectivity index (χ0v) is 10.5. The van der Waals surface area contributed by atoms with Gasteiger partial charge in [0.05, 0.1) is 0 Å². The molecule has 1 unspecified atom stereocenters. The second-order valence-corrected chi connectivity index (χ2v) is 5.27. The van der Waals surface area contributed by atoms with Gasteiger partial charge in [-0.15, -0.1) is 0 Å². The van der Waals surface area contributed by atoms with E-state index in [1.807, 2.05) is 18.2 Å². The molecule has 1 aromatic rings. The zero-order valence-electron chi connectivity index (χ0n) is 10.5. The van der Waals surface area contributed by atoms with Gasteiger partial charge in [-0.1, -0.05) is 12.1 Å².